The number of hydrogen-bond acceptors (Lipinski definition) is 9. The molecule has 0 saturated heterocycles. The summed E-state index contributed by atoms with van der Waals surface area (Å²) in [4.78, 5) is 41.7. The van der Waals surface area contributed by atoms with E-state index in [0.717, 1.165) is 35.1 Å². The highest BCUT2D eigenvalue weighted by atomic mass is 32.1. The standard InChI is InChI=1S/C27H20FN3O7S/c1-15-23(26(33)36-2)24(16-6-4-3-5-7-16)30-25(32)22(39-27(30)29-15)13-18-9-10-19(38-18)14-37-21-12-17(28)8-11-20(21)31(34)35/h3-13,24H,14H2,1-2H3/b22-13+. The molecule has 1 aliphatic heterocycles. The molecule has 1 aliphatic rings. The van der Waals surface area contributed by atoms with Crippen LogP contribution in [0.3, 0.4) is 0 Å². The van der Waals surface area contributed by atoms with E-state index in [1.807, 2.05) is 30.3 Å². The Labute approximate surface area is 223 Å². The number of methoxy groups -OCH3 is 1. The van der Waals surface area contributed by atoms with Gasteiger partial charge in [0.25, 0.3) is 5.56 Å². The molecule has 0 bridgehead atoms. The fourth-order valence-corrected chi connectivity index (χ4v) is 5.25. The number of thiazole rings is 1. The van der Waals surface area contributed by atoms with Crippen molar-refractivity contribution in [1.29, 1.82) is 0 Å². The van der Waals surface area contributed by atoms with Gasteiger partial charge in [0, 0.05) is 18.2 Å². The Balaban J connectivity index is 1.49. The smallest absolute Gasteiger partial charge is 0.338 e. The molecule has 1 unspecified atom stereocenters. The predicted octanol–water partition coefficient (Wildman–Crippen LogP) is 3.63. The summed E-state index contributed by atoms with van der Waals surface area (Å²) in [5, 5.41) is 11.2. The van der Waals surface area contributed by atoms with Crippen molar-refractivity contribution in [3.05, 3.63) is 125 Å². The summed E-state index contributed by atoms with van der Waals surface area (Å²) in [6, 6.07) is 14.5. The Morgan fingerprint density at radius 3 is 2.72 bits per heavy atom. The number of nitro groups is 1. The molecule has 1 atom stereocenters. The van der Waals surface area contributed by atoms with Gasteiger partial charge in [-0.15, -0.1) is 0 Å². The summed E-state index contributed by atoms with van der Waals surface area (Å²) in [6.07, 6.45) is 1.54. The zero-order valence-corrected chi connectivity index (χ0v) is 21.4. The van der Waals surface area contributed by atoms with Gasteiger partial charge < -0.3 is 13.9 Å². The number of esters is 1. The average molecular weight is 550 g/mol. The molecule has 0 aliphatic carbocycles. The van der Waals surface area contributed by atoms with E-state index in [1.54, 1.807) is 19.1 Å². The highest BCUT2D eigenvalue weighted by Crippen LogP contribution is 2.31. The Morgan fingerprint density at radius 2 is 2.00 bits per heavy atom. The van der Waals surface area contributed by atoms with E-state index < -0.39 is 22.8 Å². The molecule has 3 heterocycles. The first-order chi connectivity index (χ1) is 18.8. The Kier molecular flexibility index (Phi) is 6.94. The topological polar surface area (TPSA) is 126 Å². The molecule has 12 heteroatoms. The van der Waals surface area contributed by atoms with Crippen LogP contribution in [-0.4, -0.2) is 22.6 Å². The second kappa shape index (κ2) is 10.5. The van der Waals surface area contributed by atoms with Crippen LogP contribution in [0.15, 0.2) is 86.1 Å². The van der Waals surface area contributed by atoms with Gasteiger partial charge in [0.1, 0.15) is 23.9 Å². The number of nitrogens with zero attached hydrogens (tertiary/aromatic N) is 3. The number of fused-ring (bicyclic) bond motifs is 1. The Bertz CT molecular complexity index is 1800. The van der Waals surface area contributed by atoms with Gasteiger partial charge in [0.15, 0.2) is 10.6 Å². The maximum Gasteiger partial charge on any atom is 0.338 e. The van der Waals surface area contributed by atoms with Gasteiger partial charge in [-0.1, -0.05) is 41.7 Å². The van der Waals surface area contributed by atoms with Gasteiger partial charge in [-0.2, -0.15) is 0 Å². The lowest BCUT2D eigenvalue weighted by Crippen LogP contribution is -2.39. The van der Waals surface area contributed by atoms with Crippen LogP contribution in [0.1, 0.15) is 30.0 Å². The van der Waals surface area contributed by atoms with Crippen molar-refractivity contribution >= 4 is 29.1 Å². The van der Waals surface area contributed by atoms with Crippen LogP contribution in [-0.2, 0) is 16.1 Å². The van der Waals surface area contributed by atoms with Crippen LogP contribution in [0, 0.1) is 15.9 Å². The van der Waals surface area contributed by atoms with Crippen molar-refractivity contribution in [3.8, 4) is 5.75 Å². The molecule has 0 amide bonds. The van der Waals surface area contributed by atoms with E-state index in [2.05, 4.69) is 4.99 Å². The average Bonchev–Trinajstić information content (AvgIpc) is 3.50. The fourth-order valence-electron chi connectivity index (χ4n) is 4.23. The quantitative estimate of drug-likeness (QED) is 0.196. The minimum Gasteiger partial charge on any atom is -0.479 e. The molecule has 198 valence electrons. The minimum absolute atomic E-state index is 0.199. The third-order valence-electron chi connectivity index (χ3n) is 5.99. The zero-order valence-electron chi connectivity index (χ0n) is 20.6. The van der Waals surface area contributed by atoms with E-state index in [-0.39, 0.29) is 29.2 Å². The molecule has 2 aromatic heterocycles. The van der Waals surface area contributed by atoms with Crippen molar-refractivity contribution in [3.63, 3.8) is 0 Å². The predicted molar refractivity (Wildman–Crippen MR) is 138 cm³/mol. The van der Waals surface area contributed by atoms with E-state index >= 15 is 0 Å². The second-order valence-electron chi connectivity index (χ2n) is 8.45. The first-order valence-corrected chi connectivity index (χ1v) is 12.4. The summed E-state index contributed by atoms with van der Waals surface area (Å²) >= 11 is 1.14. The summed E-state index contributed by atoms with van der Waals surface area (Å²) in [6.45, 7) is 1.50. The number of halogens is 1. The van der Waals surface area contributed by atoms with E-state index in [4.69, 9.17) is 13.9 Å². The van der Waals surface area contributed by atoms with Gasteiger partial charge in [0.2, 0.25) is 0 Å². The van der Waals surface area contributed by atoms with Crippen molar-refractivity contribution in [2.75, 3.05) is 7.11 Å². The lowest BCUT2D eigenvalue weighted by molar-refractivity contribution is -0.386. The molecule has 0 N–H and O–H groups in total. The highest BCUT2D eigenvalue weighted by Gasteiger charge is 2.33. The lowest BCUT2D eigenvalue weighted by Gasteiger charge is -2.24. The molecule has 0 spiro atoms. The van der Waals surface area contributed by atoms with E-state index in [9.17, 15) is 24.1 Å². The summed E-state index contributed by atoms with van der Waals surface area (Å²) in [5.41, 5.74) is 0.701. The van der Waals surface area contributed by atoms with Crippen LogP contribution in [0.2, 0.25) is 0 Å². The zero-order chi connectivity index (χ0) is 27.7. The number of ether oxygens (including phenoxy) is 2. The Hall–Kier alpha value is -4.84. The first kappa shape index (κ1) is 25.8. The van der Waals surface area contributed by atoms with Crippen LogP contribution in [0.4, 0.5) is 10.1 Å². The van der Waals surface area contributed by atoms with Crippen LogP contribution < -0.4 is 19.6 Å². The molecular weight excluding hydrogens is 529 g/mol. The van der Waals surface area contributed by atoms with E-state index in [1.165, 1.54) is 17.8 Å². The maximum absolute atomic E-state index is 13.6. The number of hydrogen-bond donors (Lipinski definition) is 0. The number of benzene rings is 2. The number of allylic oxidation sites excluding steroid dienone is 1. The molecule has 0 fully saturated rings. The van der Waals surface area contributed by atoms with E-state index in [0.29, 0.717) is 26.6 Å². The van der Waals surface area contributed by atoms with Gasteiger partial charge in [-0.25, -0.2) is 14.2 Å². The second-order valence-corrected chi connectivity index (χ2v) is 9.46. The molecule has 10 nitrogen and oxygen atoms in total. The van der Waals surface area contributed by atoms with Gasteiger partial charge in [-0.3, -0.25) is 19.5 Å². The molecule has 2 aromatic carbocycles. The monoisotopic (exact) mass is 549 g/mol. The molecular formula is C27H20FN3O7S. The highest BCUT2D eigenvalue weighted by molar-refractivity contribution is 7.07. The Morgan fingerprint density at radius 1 is 1.23 bits per heavy atom. The number of rotatable bonds is 7. The van der Waals surface area contributed by atoms with Crippen LogP contribution in [0.5, 0.6) is 5.75 Å². The molecule has 0 radical (unpaired) electrons. The molecule has 4 aromatic rings. The van der Waals surface area contributed by atoms with Crippen LogP contribution >= 0.6 is 11.3 Å². The van der Waals surface area contributed by atoms with Crippen LogP contribution in [0.25, 0.3) is 6.08 Å². The van der Waals surface area contributed by atoms with Gasteiger partial charge in [-0.05, 0) is 30.7 Å². The summed E-state index contributed by atoms with van der Waals surface area (Å²) < 4.78 is 31.5. The summed E-state index contributed by atoms with van der Waals surface area (Å²) in [7, 11) is 1.28. The van der Waals surface area contributed by atoms with Crippen molar-refractivity contribution < 1.29 is 28.0 Å². The number of carbonyl (C=O) groups is 1. The summed E-state index contributed by atoms with van der Waals surface area (Å²) in [5.74, 6) is -0.852. The maximum atomic E-state index is 13.6. The molecule has 39 heavy (non-hydrogen) atoms. The first-order valence-electron chi connectivity index (χ1n) is 11.6. The largest absolute Gasteiger partial charge is 0.479 e. The normalized spacial score (nSPS) is 15.1. The third-order valence-corrected chi connectivity index (χ3v) is 6.97. The van der Waals surface area contributed by atoms with Gasteiger partial charge >= 0.3 is 11.7 Å². The third kappa shape index (κ3) is 5.01. The fraction of sp³-hybridized carbons (Fsp3) is 0.148. The van der Waals surface area contributed by atoms with Crippen molar-refractivity contribution in [2.45, 2.75) is 19.6 Å². The molecule has 0 saturated carbocycles. The number of aromatic nitrogens is 1. The SMILES string of the molecule is COC(=O)C1=C(C)N=c2s/c(=C/c3ccc(COc4cc(F)ccc4[N+](=O)[O-])o3)c(=O)n2C1c1ccccc1. The molecule has 5 rings (SSSR count). The number of furan rings is 1. The minimum atomic E-state index is -0.723. The lowest BCUT2D eigenvalue weighted by atomic mass is 9.96. The number of nitro benzene ring substituents is 1. The van der Waals surface area contributed by atoms with Crippen molar-refractivity contribution in [2.24, 2.45) is 4.99 Å². The van der Waals surface area contributed by atoms with Gasteiger partial charge in [0.05, 0.1) is 33.9 Å². The van der Waals surface area contributed by atoms with Crippen molar-refractivity contribution in [1.82, 2.24) is 4.57 Å². The number of carbonyl (C=O) groups excluding carboxylic acids is 1.